The molecule has 1 amide bonds. The number of anilines is 1. The number of hydrogen-bond donors (Lipinski definition) is 0. The van der Waals surface area contributed by atoms with Gasteiger partial charge in [-0.2, -0.15) is 5.26 Å². The summed E-state index contributed by atoms with van der Waals surface area (Å²) in [4.78, 5) is 26.4. The number of benzene rings is 1. The summed E-state index contributed by atoms with van der Waals surface area (Å²) < 4.78 is 0. The van der Waals surface area contributed by atoms with Gasteiger partial charge in [-0.1, -0.05) is 45.0 Å². The van der Waals surface area contributed by atoms with Crippen LogP contribution in [-0.4, -0.2) is 58.4 Å². The zero-order valence-corrected chi connectivity index (χ0v) is 19.0. The van der Waals surface area contributed by atoms with Crippen molar-refractivity contribution in [1.82, 2.24) is 19.8 Å². The molecule has 3 rings (SSSR count). The smallest absolute Gasteiger partial charge is 0.234 e. The Morgan fingerprint density at radius 3 is 2.32 bits per heavy atom. The monoisotopic (exact) mass is 420 g/mol. The molecule has 0 saturated carbocycles. The molecular weight excluding hydrogens is 388 g/mol. The van der Waals surface area contributed by atoms with Crippen LogP contribution in [0, 0.1) is 16.7 Å². The molecule has 0 radical (unpaired) electrons. The van der Waals surface area contributed by atoms with E-state index in [-0.39, 0.29) is 17.1 Å². The molecule has 164 valence electrons. The Hall–Kier alpha value is -2.98. The van der Waals surface area contributed by atoms with Gasteiger partial charge in [0.25, 0.3) is 0 Å². The fourth-order valence-corrected chi connectivity index (χ4v) is 3.82. The topological polar surface area (TPSA) is 76.4 Å². The van der Waals surface area contributed by atoms with Crippen LogP contribution in [0.3, 0.4) is 0 Å². The van der Waals surface area contributed by atoms with Gasteiger partial charge in [0, 0.05) is 58.9 Å². The van der Waals surface area contributed by atoms with Crippen LogP contribution in [0.1, 0.15) is 44.6 Å². The van der Waals surface area contributed by atoms with Crippen molar-refractivity contribution in [3.8, 4) is 6.07 Å². The molecule has 0 spiro atoms. The predicted molar refractivity (Wildman–Crippen MR) is 121 cm³/mol. The van der Waals surface area contributed by atoms with Gasteiger partial charge in [0.15, 0.2) is 0 Å². The Bertz CT molecular complexity index is 920. The average Bonchev–Trinajstić information content (AvgIpc) is 2.74. The van der Waals surface area contributed by atoms with Crippen LogP contribution in [0.4, 0.5) is 5.82 Å². The van der Waals surface area contributed by atoms with Gasteiger partial charge in [-0.3, -0.25) is 9.69 Å². The van der Waals surface area contributed by atoms with E-state index in [0.29, 0.717) is 0 Å². The Kier molecular flexibility index (Phi) is 7.24. The van der Waals surface area contributed by atoms with Crippen LogP contribution < -0.4 is 4.90 Å². The maximum absolute atomic E-state index is 11.5. The van der Waals surface area contributed by atoms with Gasteiger partial charge in [-0.25, -0.2) is 9.97 Å². The van der Waals surface area contributed by atoms with E-state index in [9.17, 15) is 4.79 Å². The molecule has 1 fully saturated rings. The third-order valence-electron chi connectivity index (χ3n) is 5.35. The van der Waals surface area contributed by atoms with Crippen molar-refractivity contribution in [3.05, 3.63) is 53.5 Å². The molecule has 0 unspecified atom stereocenters. The molecular formula is C24H32N6O. The predicted octanol–water partition coefficient (Wildman–Crippen LogP) is 3.07. The molecule has 0 atom stereocenters. The molecule has 0 aliphatic carbocycles. The minimum Gasteiger partial charge on any atom is -0.352 e. The average molecular weight is 421 g/mol. The largest absolute Gasteiger partial charge is 0.352 e. The lowest BCUT2D eigenvalue weighted by Gasteiger charge is -2.34. The van der Waals surface area contributed by atoms with Crippen LogP contribution in [0.5, 0.6) is 0 Å². The maximum atomic E-state index is 11.5. The van der Waals surface area contributed by atoms with Gasteiger partial charge >= 0.3 is 0 Å². The summed E-state index contributed by atoms with van der Waals surface area (Å²) in [5, 5.41) is 9.16. The molecule has 7 heteroatoms. The summed E-state index contributed by atoms with van der Waals surface area (Å²) in [6.45, 7) is 14.1. The summed E-state index contributed by atoms with van der Waals surface area (Å²) in [6.07, 6.45) is 1.64. The molecule has 0 bridgehead atoms. The second-order valence-electron chi connectivity index (χ2n) is 9.37. The van der Waals surface area contributed by atoms with Crippen molar-refractivity contribution < 1.29 is 4.79 Å². The number of nitrogens with zero attached hydrogens (tertiary/aromatic N) is 6. The number of amides is 1. The van der Waals surface area contributed by atoms with E-state index >= 15 is 0 Å². The normalized spacial score (nSPS) is 14.9. The highest BCUT2D eigenvalue weighted by molar-refractivity contribution is 5.73. The molecule has 1 saturated heterocycles. The van der Waals surface area contributed by atoms with Gasteiger partial charge < -0.3 is 9.80 Å². The van der Waals surface area contributed by atoms with Crippen molar-refractivity contribution in [2.75, 3.05) is 37.6 Å². The van der Waals surface area contributed by atoms with Gasteiger partial charge in [-0.15, -0.1) is 0 Å². The van der Waals surface area contributed by atoms with Crippen LogP contribution in [0.2, 0.25) is 0 Å². The molecule has 0 N–H and O–H groups in total. The third kappa shape index (κ3) is 6.76. The van der Waals surface area contributed by atoms with Gasteiger partial charge in [-0.05, 0) is 22.6 Å². The van der Waals surface area contributed by atoms with Crippen molar-refractivity contribution in [3.63, 3.8) is 0 Å². The minimum absolute atomic E-state index is 0.0830. The molecule has 1 aliphatic rings. The first kappa shape index (κ1) is 22.7. The van der Waals surface area contributed by atoms with E-state index in [1.54, 1.807) is 13.1 Å². The first-order valence-corrected chi connectivity index (χ1v) is 10.8. The summed E-state index contributed by atoms with van der Waals surface area (Å²) in [6, 6.07) is 12.6. The van der Waals surface area contributed by atoms with Crippen molar-refractivity contribution >= 4 is 11.7 Å². The summed E-state index contributed by atoms with van der Waals surface area (Å²) in [7, 11) is 0. The third-order valence-corrected chi connectivity index (χ3v) is 5.35. The Morgan fingerprint density at radius 2 is 1.74 bits per heavy atom. The molecule has 1 aliphatic heterocycles. The lowest BCUT2D eigenvalue weighted by molar-refractivity contribution is -0.130. The quantitative estimate of drug-likeness (QED) is 0.715. The van der Waals surface area contributed by atoms with Gasteiger partial charge in [0.2, 0.25) is 11.7 Å². The molecule has 2 heterocycles. The first-order valence-electron chi connectivity index (χ1n) is 10.8. The molecule has 1 aromatic carbocycles. The van der Waals surface area contributed by atoms with Crippen LogP contribution in [-0.2, 0) is 17.9 Å². The second-order valence-corrected chi connectivity index (χ2v) is 9.37. The van der Waals surface area contributed by atoms with E-state index in [0.717, 1.165) is 51.6 Å². The van der Waals surface area contributed by atoms with Crippen LogP contribution in [0.25, 0.3) is 0 Å². The SMILES string of the molecule is CC(=O)N1CCN(Cc2ccc(CN(CC(C)(C)C)c3ccnc(C#N)n3)cc2)CC1. The van der Waals surface area contributed by atoms with Gasteiger partial charge in [0.05, 0.1) is 0 Å². The van der Waals surface area contributed by atoms with Crippen molar-refractivity contribution in [2.45, 2.75) is 40.8 Å². The number of rotatable bonds is 6. The fourth-order valence-electron chi connectivity index (χ4n) is 3.82. The molecule has 2 aromatic rings. The highest BCUT2D eigenvalue weighted by Crippen LogP contribution is 2.22. The number of carbonyl (C=O) groups is 1. The van der Waals surface area contributed by atoms with Gasteiger partial charge in [0.1, 0.15) is 11.9 Å². The minimum atomic E-state index is 0.0830. The Balaban J connectivity index is 1.65. The van der Waals surface area contributed by atoms with Crippen molar-refractivity contribution in [1.29, 1.82) is 5.26 Å². The lowest BCUT2D eigenvalue weighted by Crippen LogP contribution is -2.47. The fraction of sp³-hybridized carbons (Fsp3) is 0.500. The van der Waals surface area contributed by atoms with Crippen LogP contribution in [0.15, 0.2) is 36.5 Å². The second kappa shape index (κ2) is 9.88. The van der Waals surface area contributed by atoms with Crippen molar-refractivity contribution in [2.24, 2.45) is 5.41 Å². The standard InChI is InChI=1S/C24H32N6O/c1-19(31)29-13-11-28(12-14-29)16-20-5-7-21(8-6-20)17-30(18-24(2,3)4)23-9-10-26-22(15-25)27-23/h5-10H,11-14,16-18H2,1-4H3. The lowest BCUT2D eigenvalue weighted by atomic mass is 9.95. The summed E-state index contributed by atoms with van der Waals surface area (Å²) in [5.41, 5.74) is 2.56. The highest BCUT2D eigenvalue weighted by atomic mass is 16.2. The molecule has 31 heavy (non-hydrogen) atoms. The Morgan fingerprint density at radius 1 is 1.10 bits per heavy atom. The van der Waals surface area contributed by atoms with E-state index in [2.05, 4.69) is 64.8 Å². The number of nitriles is 1. The number of carbonyl (C=O) groups excluding carboxylic acids is 1. The zero-order chi connectivity index (χ0) is 22.4. The number of piperazine rings is 1. The van der Waals surface area contributed by atoms with E-state index in [1.807, 2.05) is 17.0 Å². The van der Waals surface area contributed by atoms with E-state index < -0.39 is 0 Å². The highest BCUT2D eigenvalue weighted by Gasteiger charge is 2.20. The summed E-state index contributed by atoms with van der Waals surface area (Å²) in [5.74, 6) is 1.12. The van der Waals surface area contributed by atoms with E-state index in [1.165, 1.54) is 11.1 Å². The number of aromatic nitrogens is 2. The van der Waals surface area contributed by atoms with Crippen LogP contribution >= 0.6 is 0 Å². The van der Waals surface area contributed by atoms with E-state index in [4.69, 9.17) is 5.26 Å². The molecule has 1 aromatic heterocycles. The zero-order valence-electron chi connectivity index (χ0n) is 19.0. The first-order chi connectivity index (χ1) is 14.7. The summed E-state index contributed by atoms with van der Waals surface area (Å²) >= 11 is 0. The maximum Gasteiger partial charge on any atom is 0.234 e. The molecule has 7 nitrogen and oxygen atoms in total. The number of hydrogen-bond acceptors (Lipinski definition) is 6. The Labute approximate surface area is 185 Å².